The van der Waals surface area contributed by atoms with E-state index in [2.05, 4.69) is 9.97 Å². The molecule has 126 valence electrons. The molecular formula is C17H14N4O4. The van der Waals surface area contributed by atoms with Crippen LogP contribution in [0.15, 0.2) is 53.5 Å². The first-order chi connectivity index (χ1) is 12.0. The molecule has 0 fully saturated rings. The Hall–Kier alpha value is -3.55. The summed E-state index contributed by atoms with van der Waals surface area (Å²) in [5.74, 6) is -0.415. The summed E-state index contributed by atoms with van der Waals surface area (Å²) in [5.41, 5.74) is 0.573. The maximum absolute atomic E-state index is 12.8. The van der Waals surface area contributed by atoms with Gasteiger partial charge in [-0.25, -0.2) is 0 Å². The summed E-state index contributed by atoms with van der Waals surface area (Å²) in [7, 11) is 1.58. The van der Waals surface area contributed by atoms with Crippen LogP contribution in [0.5, 0.6) is 0 Å². The number of carbonyl (C=O) groups is 1. The van der Waals surface area contributed by atoms with Crippen molar-refractivity contribution in [3.63, 3.8) is 0 Å². The summed E-state index contributed by atoms with van der Waals surface area (Å²) in [5, 5.41) is 11.3. The van der Waals surface area contributed by atoms with E-state index < -0.39 is 16.4 Å². The number of hydrogen-bond acceptors (Lipinski definition) is 5. The fourth-order valence-corrected chi connectivity index (χ4v) is 2.54. The second kappa shape index (κ2) is 6.52. The van der Waals surface area contributed by atoms with Gasteiger partial charge in [-0.3, -0.25) is 24.7 Å². The SMILES string of the molecule is CN(Cc1ccccn1)C(=O)c1cc(=O)[nH]c2ccc([N+](=O)[O-])cc12. The Morgan fingerprint density at radius 2 is 2.08 bits per heavy atom. The average Bonchev–Trinajstić information content (AvgIpc) is 2.60. The number of non-ortho nitro benzene ring substituents is 1. The molecule has 0 saturated heterocycles. The number of rotatable bonds is 4. The number of nitrogens with one attached hydrogen (secondary N) is 1. The van der Waals surface area contributed by atoms with Gasteiger partial charge in [0.1, 0.15) is 0 Å². The lowest BCUT2D eigenvalue weighted by Gasteiger charge is -2.17. The Kier molecular flexibility index (Phi) is 4.25. The topological polar surface area (TPSA) is 109 Å². The minimum Gasteiger partial charge on any atom is -0.336 e. The minimum absolute atomic E-state index is 0.112. The molecule has 0 unspecified atom stereocenters. The van der Waals surface area contributed by atoms with Crippen LogP contribution < -0.4 is 5.56 Å². The van der Waals surface area contributed by atoms with Gasteiger partial charge in [0.15, 0.2) is 0 Å². The number of H-pyrrole nitrogens is 1. The summed E-state index contributed by atoms with van der Waals surface area (Å²) < 4.78 is 0. The molecule has 0 bridgehead atoms. The largest absolute Gasteiger partial charge is 0.336 e. The van der Waals surface area contributed by atoms with Crippen LogP contribution in [0.4, 0.5) is 5.69 Å². The highest BCUT2D eigenvalue weighted by Gasteiger charge is 2.18. The molecule has 0 saturated carbocycles. The van der Waals surface area contributed by atoms with Crippen molar-refractivity contribution in [2.45, 2.75) is 6.54 Å². The van der Waals surface area contributed by atoms with E-state index in [0.717, 1.165) is 6.07 Å². The Morgan fingerprint density at radius 3 is 2.76 bits per heavy atom. The third-order valence-electron chi connectivity index (χ3n) is 3.74. The van der Waals surface area contributed by atoms with Gasteiger partial charge < -0.3 is 9.88 Å². The van der Waals surface area contributed by atoms with Crippen molar-refractivity contribution in [2.24, 2.45) is 0 Å². The van der Waals surface area contributed by atoms with E-state index in [1.165, 1.54) is 23.1 Å². The van der Waals surface area contributed by atoms with Gasteiger partial charge in [-0.2, -0.15) is 0 Å². The van der Waals surface area contributed by atoms with Crippen molar-refractivity contribution in [1.29, 1.82) is 0 Å². The van der Waals surface area contributed by atoms with E-state index in [1.54, 1.807) is 25.4 Å². The highest BCUT2D eigenvalue weighted by Crippen LogP contribution is 2.22. The summed E-state index contributed by atoms with van der Waals surface area (Å²) in [6.07, 6.45) is 1.62. The lowest BCUT2D eigenvalue weighted by Crippen LogP contribution is -2.28. The van der Waals surface area contributed by atoms with Crippen LogP contribution in [0.2, 0.25) is 0 Å². The molecule has 0 aliphatic heterocycles. The van der Waals surface area contributed by atoms with Gasteiger partial charge in [-0.15, -0.1) is 0 Å². The third kappa shape index (κ3) is 3.37. The van der Waals surface area contributed by atoms with Crippen LogP contribution in [0.3, 0.4) is 0 Å². The molecule has 3 aromatic rings. The zero-order valence-electron chi connectivity index (χ0n) is 13.3. The maximum atomic E-state index is 12.8. The molecule has 1 aromatic carbocycles. The van der Waals surface area contributed by atoms with Gasteiger partial charge in [0.2, 0.25) is 5.56 Å². The molecule has 0 atom stereocenters. The van der Waals surface area contributed by atoms with Crippen molar-refractivity contribution in [3.05, 3.63) is 80.4 Å². The van der Waals surface area contributed by atoms with E-state index in [1.807, 2.05) is 6.07 Å². The lowest BCUT2D eigenvalue weighted by molar-refractivity contribution is -0.384. The molecule has 0 aliphatic carbocycles. The fourth-order valence-electron chi connectivity index (χ4n) is 2.54. The van der Waals surface area contributed by atoms with Crippen LogP contribution in [0, 0.1) is 10.1 Å². The zero-order chi connectivity index (χ0) is 18.0. The molecule has 25 heavy (non-hydrogen) atoms. The summed E-state index contributed by atoms with van der Waals surface area (Å²) in [4.78, 5) is 43.2. The molecule has 0 spiro atoms. The predicted octanol–water partition coefficient (Wildman–Crippen LogP) is 2.10. The number of hydrogen-bond donors (Lipinski definition) is 1. The number of amides is 1. The van der Waals surface area contributed by atoms with Crippen molar-refractivity contribution in [2.75, 3.05) is 7.05 Å². The van der Waals surface area contributed by atoms with Crippen molar-refractivity contribution in [1.82, 2.24) is 14.9 Å². The first-order valence-electron chi connectivity index (χ1n) is 7.42. The van der Waals surface area contributed by atoms with Gasteiger partial charge in [0.25, 0.3) is 11.6 Å². The first kappa shape index (κ1) is 16.3. The van der Waals surface area contributed by atoms with Gasteiger partial charge in [0, 0.05) is 42.3 Å². The average molecular weight is 338 g/mol. The molecule has 8 nitrogen and oxygen atoms in total. The number of aromatic nitrogens is 2. The van der Waals surface area contributed by atoms with Crippen LogP contribution in [-0.2, 0) is 6.54 Å². The number of fused-ring (bicyclic) bond motifs is 1. The van der Waals surface area contributed by atoms with E-state index in [-0.39, 0.29) is 17.8 Å². The third-order valence-corrected chi connectivity index (χ3v) is 3.74. The number of pyridine rings is 2. The molecule has 2 heterocycles. The Morgan fingerprint density at radius 1 is 1.28 bits per heavy atom. The number of benzene rings is 1. The van der Waals surface area contributed by atoms with Crippen molar-refractivity contribution >= 4 is 22.5 Å². The number of aromatic amines is 1. The van der Waals surface area contributed by atoms with Gasteiger partial charge >= 0.3 is 0 Å². The van der Waals surface area contributed by atoms with Crippen LogP contribution in [0.25, 0.3) is 10.9 Å². The smallest absolute Gasteiger partial charge is 0.270 e. The lowest BCUT2D eigenvalue weighted by atomic mass is 10.1. The van der Waals surface area contributed by atoms with Gasteiger partial charge in [-0.05, 0) is 18.2 Å². The van der Waals surface area contributed by atoms with Crippen molar-refractivity contribution in [3.8, 4) is 0 Å². The Balaban J connectivity index is 2.03. The number of nitro groups is 1. The standard InChI is InChI=1S/C17H14N4O4/c1-20(10-11-4-2-3-7-18-11)17(23)14-9-16(22)19-15-6-5-12(21(24)25)8-13(14)15/h2-9H,10H2,1H3,(H,19,22). The highest BCUT2D eigenvalue weighted by atomic mass is 16.6. The van der Waals surface area contributed by atoms with Crippen LogP contribution in [-0.4, -0.2) is 32.7 Å². The molecular weight excluding hydrogens is 324 g/mol. The van der Waals surface area contributed by atoms with Gasteiger partial charge in [0.05, 0.1) is 22.7 Å². The quantitative estimate of drug-likeness (QED) is 0.579. The van der Waals surface area contributed by atoms with E-state index in [9.17, 15) is 19.7 Å². The molecule has 0 radical (unpaired) electrons. The maximum Gasteiger partial charge on any atom is 0.270 e. The molecule has 1 N–H and O–H groups in total. The molecule has 1 amide bonds. The fraction of sp³-hybridized carbons (Fsp3) is 0.118. The predicted molar refractivity (Wildman–Crippen MR) is 91.3 cm³/mol. The molecule has 3 rings (SSSR count). The van der Waals surface area contributed by atoms with Crippen LogP contribution >= 0.6 is 0 Å². The Bertz CT molecular complexity index is 1010. The molecule has 0 aliphatic rings. The van der Waals surface area contributed by atoms with E-state index >= 15 is 0 Å². The normalized spacial score (nSPS) is 10.6. The second-order valence-electron chi connectivity index (χ2n) is 5.52. The van der Waals surface area contributed by atoms with Gasteiger partial charge in [-0.1, -0.05) is 6.07 Å². The second-order valence-corrected chi connectivity index (χ2v) is 5.52. The first-order valence-corrected chi connectivity index (χ1v) is 7.42. The molecule has 2 aromatic heterocycles. The Labute approximate surface area is 141 Å². The number of carbonyl (C=O) groups excluding carboxylic acids is 1. The monoisotopic (exact) mass is 338 g/mol. The summed E-state index contributed by atoms with van der Waals surface area (Å²) in [6.45, 7) is 0.253. The minimum atomic E-state index is -0.545. The highest BCUT2D eigenvalue weighted by molar-refractivity contribution is 6.06. The van der Waals surface area contributed by atoms with E-state index in [4.69, 9.17) is 0 Å². The summed E-state index contributed by atoms with van der Waals surface area (Å²) in [6, 6.07) is 10.5. The number of nitro benzene ring substituents is 1. The van der Waals surface area contributed by atoms with E-state index in [0.29, 0.717) is 16.6 Å². The van der Waals surface area contributed by atoms with Crippen molar-refractivity contribution < 1.29 is 9.72 Å². The van der Waals surface area contributed by atoms with Crippen LogP contribution in [0.1, 0.15) is 16.1 Å². The molecule has 8 heteroatoms. The summed E-state index contributed by atoms with van der Waals surface area (Å²) >= 11 is 0. The number of nitrogens with zero attached hydrogens (tertiary/aromatic N) is 3. The zero-order valence-corrected chi connectivity index (χ0v) is 13.3.